The molecule has 0 bridgehead atoms. The highest BCUT2D eigenvalue weighted by Gasteiger charge is 2.50. The third-order valence-corrected chi connectivity index (χ3v) is 5.22. The van der Waals surface area contributed by atoms with Crippen molar-refractivity contribution in [2.75, 3.05) is 12.5 Å². The van der Waals surface area contributed by atoms with Crippen molar-refractivity contribution in [3.63, 3.8) is 0 Å². The highest BCUT2D eigenvalue weighted by Crippen LogP contribution is 2.50. The first-order valence-electron chi connectivity index (χ1n) is 6.77. The van der Waals surface area contributed by atoms with Crippen LogP contribution in [0, 0.1) is 17.2 Å². The Hall–Kier alpha value is -0.310. The molecule has 2 unspecified atom stereocenters. The Morgan fingerprint density at radius 2 is 2.16 bits per heavy atom. The predicted octanol–water partition coefficient (Wildman–Crippen LogP) is 4.45. The van der Waals surface area contributed by atoms with Gasteiger partial charge in [-0.3, -0.25) is 0 Å². The minimum Gasteiger partial charge on any atom is -0.377 e. The number of benzene rings is 1. The molecule has 4 heteroatoms. The van der Waals surface area contributed by atoms with E-state index in [2.05, 4.69) is 0 Å². The summed E-state index contributed by atoms with van der Waals surface area (Å²) < 4.78 is 20.0. The van der Waals surface area contributed by atoms with Crippen molar-refractivity contribution >= 4 is 23.2 Å². The molecule has 0 N–H and O–H groups in total. The first-order valence-corrected chi connectivity index (χ1v) is 7.68. The van der Waals surface area contributed by atoms with Crippen LogP contribution in [0.25, 0.3) is 0 Å². The third kappa shape index (κ3) is 2.51. The van der Waals surface area contributed by atoms with Crippen molar-refractivity contribution in [2.45, 2.75) is 31.8 Å². The van der Waals surface area contributed by atoms with Gasteiger partial charge in [0.1, 0.15) is 5.82 Å². The SMILES string of the molecule is Fc1c(Cl)cccc1CC1(CCl)CCOC1C1CC1. The summed E-state index contributed by atoms with van der Waals surface area (Å²) in [4.78, 5) is 0. The van der Waals surface area contributed by atoms with Crippen molar-refractivity contribution in [1.29, 1.82) is 0 Å². The first kappa shape index (κ1) is 13.7. The number of alkyl halides is 1. The van der Waals surface area contributed by atoms with Gasteiger partial charge in [-0.15, -0.1) is 11.6 Å². The van der Waals surface area contributed by atoms with E-state index in [1.807, 2.05) is 0 Å². The molecule has 19 heavy (non-hydrogen) atoms. The molecule has 1 aliphatic carbocycles. The fourth-order valence-corrected chi connectivity index (χ4v) is 3.76. The van der Waals surface area contributed by atoms with Crippen molar-refractivity contribution in [3.8, 4) is 0 Å². The van der Waals surface area contributed by atoms with E-state index in [9.17, 15) is 4.39 Å². The van der Waals surface area contributed by atoms with Gasteiger partial charge in [-0.1, -0.05) is 23.7 Å². The molecule has 104 valence electrons. The largest absolute Gasteiger partial charge is 0.377 e. The Labute approximate surface area is 123 Å². The van der Waals surface area contributed by atoms with Gasteiger partial charge >= 0.3 is 0 Å². The quantitative estimate of drug-likeness (QED) is 0.747. The maximum Gasteiger partial charge on any atom is 0.144 e. The molecular weight excluding hydrogens is 286 g/mol. The van der Waals surface area contributed by atoms with E-state index >= 15 is 0 Å². The molecular formula is C15H17Cl2FO. The van der Waals surface area contributed by atoms with Gasteiger partial charge in [0.2, 0.25) is 0 Å². The molecule has 1 heterocycles. The molecule has 0 spiro atoms. The highest BCUT2D eigenvalue weighted by molar-refractivity contribution is 6.30. The maximum atomic E-state index is 14.1. The van der Waals surface area contributed by atoms with Crippen LogP contribution in [0.4, 0.5) is 4.39 Å². The zero-order valence-electron chi connectivity index (χ0n) is 10.7. The van der Waals surface area contributed by atoms with Crippen molar-refractivity contribution in [3.05, 3.63) is 34.6 Å². The Morgan fingerprint density at radius 1 is 1.37 bits per heavy atom. The summed E-state index contributed by atoms with van der Waals surface area (Å²) in [6, 6.07) is 5.18. The normalized spacial score (nSPS) is 30.8. The van der Waals surface area contributed by atoms with Gasteiger partial charge in [0.25, 0.3) is 0 Å². The van der Waals surface area contributed by atoms with Gasteiger partial charge in [-0.25, -0.2) is 4.39 Å². The van der Waals surface area contributed by atoms with E-state index in [0.29, 0.717) is 23.8 Å². The summed E-state index contributed by atoms with van der Waals surface area (Å²) in [5, 5.41) is 0.184. The van der Waals surface area contributed by atoms with Crippen LogP contribution < -0.4 is 0 Å². The Bertz CT molecular complexity index is 475. The van der Waals surface area contributed by atoms with Gasteiger partial charge in [0, 0.05) is 17.9 Å². The van der Waals surface area contributed by atoms with Crippen molar-refractivity contribution in [2.24, 2.45) is 11.3 Å². The van der Waals surface area contributed by atoms with Gasteiger partial charge < -0.3 is 4.74 Å². The third-order valence-electron chi connectivity index (χ3n) is 4.39. The topological polar surface area (TPSA) is 9.23 Å². The number of hydrogen-bond donors (Lipinski definition) is 0. The Kier molecular flexibility index (Phi) is 3.76. The van der Waals surface area contributed by atoms with E-state index in [0.717, 1.165) is 13.0 Å². The molecule has 0 aromatic heterocycles. The summed E-state index contributed by atoms with van der Waals surface area (Å²) in [6.07, 6.45) is 4.12. The minimum atomic E-state index is -0.310. The van der Waals surface area contributed by atoms with Crippen LogP contribution in [-0.4, -0.2) is 18.6 Å². The van der Waals surface area contributed by atoms with E-state index < -0.39 is 0 Å². The van der Waals surface area contributed by atoms with E-state index in [1.54, 1.807) is 18.2 Å². The average molecular weight is 303 g/mol. The lowest BCUT2D eigenvalue weighted by Crippen LogP contribution is -2.37. The molecule has 2 aliphatic rings. The zero-order chi connectivity index (χ0) is 13.5. The van der Waals surface area contributed by atoms with Crippen LogP contribution in [0.3, 0.4) is 0 Å². The zero-order valence-corrected chi connectivity index (χ0v) is 12.2. The van der Waals surface area contributed by atoms with Crippen LogP contribution in [-0.2, 0) is 11.2 Å². The molecule has 1 saturated heterocycles. The van der Waals surface area contributed by atoms with E-state index in [1.165, 1.54) is 12.8 Å². The van der Waals surface area contributed by atoms with Crippen LogP contribution in [0.5, 0.6) is 0 Å². The summed E-state index contributed by atoms with van der Waals surface area (Å²) in [5.74, 6) is 0.818. The predicted molar refractivity (Wildman–Crippen MR) is 75.3 cm³/mol. The average Bonchev–Trinajstić information content (AvgIpc) is 3.17. The molecule has 1 nitrogen and oxygen atoms in total. The monoisotopic (exact) mass is 302 g/mol. The number of hydrogen-bond acceptors (Lipinski definition) is 1. The number of rotatable bonds is 4. The summed E-state index contributed by atoms with van der Waals surface area (Å²) >= 11 is 12.1. The van der Waals surface area contributed by atoms with Crippen molar-refractivity contribution < 1.29 is 9.13 Å². The number of halogens is 3. The first-order chi connectivity index (χ1) is 9.16. The summed E-state index contributed by atoms with van der Waals surface area (Å²) in [6.45, 7) is 0.732. The summed E-state index contributed by atoms with van der Waals surface area (Å²) in [5.41, 5.74) is 0.526. The highest BCUT2D eigenvalue weighted by atomic mass is 35.5. The van der Waals surface area contributed by atoms with Crippen LogP contribution in [0.2, 0.25) is 5.02 Å². The fourth-order valence-electron chi connectivity index (χ4n) is 3.19. The second-order valence-electron chi connectivity index (χ2n) is 5.76. The molecule has 1 aromatic rings. The lowest BCUT2D eigenvalue weighted by atomic mass is 9.75. The fraction of sp³-hybridized carbons (Fsp3) is 0.600. The number of ether oxygens (including phenoxy) is 1. The van der Waals surface area contributed by atoms with Crippen molar-refractivity contribution in [1.82, 2.24) is 0 Å². The second-order valence-corrected chi connectivity index (χ2v) is 6.44. The second kappa shape index (κ2) is 5.23. The molecule has 2 atom stereocenters. The summed E-state index contributed by atoms with van der Waals surface area (Å²) in [7, 11) is 0. The van der Waals surface area contributed by atoms with Gasteiger partial charge in [-0.2, -0.15) is 0 Å². The Balaban J connectivity index is 1.88. The lowest BCUT2D eigenvalue weighted by molar-refractivity contribution is 0.0400. The van der Waals surface area contributed by atoms with Gasteiger partial charge in [0.05, 0.1) is 11.1 Å². The standard InChI is InChI=1S/C15H17Cl2FO/c16-9-15(6-7-19-14(15)10-4-5-10)8-11-2-1-3-12(17)13(11)18/h1-3,10,14H,4-9H2. The lowest BCUT2D eigenvalue weighted by Gasteiger charge is -2.32. The van der Waals surface area contributed by atoms with E-state index in [4.69, 9.17) is 27.9 Å². The van der Waals surface area contributed by atoms with Crippen LogP contribution in [0.1, 0.15) is 24.8 Å². The van der Waals surface area contributed by atoms with Gasteiger partial charge in [-0.05, 0) is 43.2 Å². The Morgan fingerprint density at radius 3 is 2.84 bits per heavy atom. The minimum absolute atomic E-state index is 0.131. The van der Waals surface area contributed by atoms with Crippen LogP contribution >= 0.6 is 23.2 Å². The van der Waals surface area contributed by atoms with Crippen LogP contribution in [0.15, 0.2) is 18.2 Å². The molecule has 0 radical (unpaired) electrons. The maximum absolute atomic E-state index is 14.1. The molecule has 2 fully saturated rings. The molecule has 0 amide bonds. The molecule has 1 saturated carbocycles. The molecule has 3 rings (SSSR count). The van der Waals surface area contributed by atoms with E-state index in [-0.39, 0.29) is 22.4 Å². The molecule has 1 aromatic carbocycles. The smallest absolute Gasteiger partial charge is 0.144 e. The molecule has 1 aliphatic heterocycles. The van der Waals surface area contributed by atoms with Gasteiger partial charge in [0.15, 0.2) is 0 Å².